The van der Waals surface area contributed by atoms with Crippen LogP contribution < -0.4 is 4.74 Å². The Morgan fingerprint density at radius 2 is 1.74 bits per heavy atom. The highest BCUT2D eigenvalue weighted by molar-refractivity contribution is 5.75. The van der Waals surface area contributed by atoms with E-state index in [0.717, 1.165) is 36.6 Å². The van der Waals surface area contributed by atoms with Gasteiger partial charge in [0.25, 0.3) is 0 Å². The fourth-order valence-corrected chi connectivity index (χ4v) is 2.71. The lowest BCUT2D eigenvalue weighted by molar-refractivity contribution is 0.299. The molecule has 0 aliphatic heterocycles. The van der Waals surface area contributed by atoms with Gasteiger partial charge in [-0.25, -0.2) is 4.98 Å². The highest BCUT2D eigenvalue weighted by Crippen LogP contribution is 2.17. The van der Waals surface area contributed by atoms with Crippen molar-refractivity contribution < 1.29 is 4.74 Å². The molecule has 0 bridgehead atoms. The van der Waals surface area contributed by atoms with Crippen molar-refractivity contribution in [2.24, 2.45) is 0 Å². The minimum Gasteiger partial charge on any atom is -0.494 e. The van der Waals surface area contributed by atoms with Crippen LogP contribution in [0.1, 0.15) is 12.2 Å². The lowest BCUT2D eigenvalue weighted by Crippen LogP contribution is -2.16. The number of nitrogens with zero attached hydrogens (tertiary/aromatic N) is 3. The SMILES string of the molecule is CN(C)Cc1nc2ccccc2n1CCCOc1ccccc1. The number of hydrogen-bond acceptors (Lipinski definition) is 3. The second-order valence-corrected chi connectivity index (χ2v) is 5.92. The molecular formula is C19H23N3O. The third-order valence-corrected chi connectivity index (χ3v) is 3.73. The molecule has 3 aromatic rings. The summed E-state index contributed by atoms with van der Waals surface area (Å²) >= 11 is 0. The summed E-state index contributed by atoms with van der Waals surface area (Å²) in [5.74, 6) is 2.03. The number of para-hydroxylation sites is 3. The summed E-state index contributed by atoms with van der Waals surface area (Å²) in [5.41, 5.74) is 2.26. The van der Waals surface area contributed by atoms with Crippen LogP contribution in [0, 0.1) is 0 Å². The summed E-state index contributed by atoms with van der Waals surface area (Å²) < 4.78 is 8.10. The van der Waals surface area contributed by atoms with Gasteiger partial charge in [0.2, 0.25) is 0 Å². The first-order valence-corrected chi connectivity index (χ1v) is 8.01. The van der Waals surface area contributed by atoms with E-state index in [1.54, 1.807) is 0 Å². The molecule has 1 aromatic heterocycles. The molecule has 4 nitrogen and oxygen atoms in total. The monoisotopic (exact) mass is 309 g/mol. The fourth-order valence-electron chi connectivity index (χ4n) is 2.71. The van der Waals surface area contributed by atoms with Gasteiger partial charge >= 0.3 is 0 Å². The van der Waals surface area contributed by atoms with Crippen LogP contribution in [0.15, 0.2) is 54.6 Å². The summed E-state index contributed by atoms with van der Waals surface area (Å²) in [6.45, 7) is 2.46. The van der Waals surface area contributed by atoms with Gasteiger partial charge in [0, 0.05) is 6.54 Å². The normalized spacial score (nSPS) is 11.3. The molecule has 0 saturated carbocycles. The predicted molar refractivity (Wildman–Crippen MR) is 93.7 cm³/mol. The van der Waals surface area contributed by atoms with Crippen LogP contribution in [0.3, 0.4) is 0 Å². The van der Waals surface area contributed by atoms with Crippen molar-refractivity contribution in [2.45, 2.75) is 19.5 Å². The lowest BCUT2D eigenvalue weighted by atomic mass is 10.3. The molecule has 0 fully saturated rings. The Morgan fingerprint density at radius 3 is 2.52 bits per heavy atom. The fraction of sp³-hybridized carbons (Fsp3) is 0.316. The molecular weight excluding hydrogens is 286 g/mol. The number of aromatic nitrogens is 2. The lowest BCUT2D eigenvalue weighted by Gasteiger charge is -2.13. The number of hydrogen-bond donors (Lipinski definition) is 0. The van der Waals surface area contributed by atoms with Crippen LogP contribution in [-0.2, 0) is 13.1 Å². The standard InChI is InChI=1S/C19H23N3O/c1-21(2)15-19-20-17-11-6-7-12-18(17)22(19)13-8-14-23-16-9-4-3-5-10-16/h3-7,9-12H,8,13-15H2,1-2H3. The van der Waals surface area contributed by atoms with E-state index in [1.165, 1.54) is 5.52 Å². The van der Waals surface area contributed by atoms with Gasteiger partial charge < -0.3 is 14.2 Å². The van der Waals surface area contributed by atoms with E-state index in [1.807, 2.05) is 36.4 Å². The largest absolute Gasteiger partial charge is 0.494 e. The van der Waals surface area contributed by atoms with Gasteiger partial charge in [0.15, 0.2) is 0 Å². The molecule has 0 N–H and O–H groups in total. The van der Waals surface area contributed by atoms with E-state index in [9.17, 15) is 0 Å². The zero-order valence-corrected chi connectivity index (χ0v) is 13.8. The molecule has 4 heteroatoms. The molecule has 0 aliphatic carbocycles. The average molecular weight is 309 g/mol. The molecule has 1 heterocycles. The average Bonchev–Trinajstić information content (AvgIpc) is 2.89. The summed E-state index contributed by atoms with van der Waals surface area (Å²) in [5, 5.41) is 0. The molecule has 0 atom stereocenters. The number of imidazole rings is 1. The second kappa shape index (κ2) is 7.29. The second-order valence-electron chi connectivity index (χ2n) is 5.92. The van der Waals surface area contributed by atoms with E-state index < -0.39 is 0 Å². The van der Waals surface area contributed by atoms with E-state index >= 15 is 0 Å². The third-order valence-electron chi connectivity index (χ3n) is 3.73. The van der Waals surface area contributed by atoms with Crippen molar-refractivity contribution in [2.75, 3.05) is 20.7 Å². The van der Waals surface area contributed by atoms with E-state index in [-0.39, 0.29) is 0 Å². The zero-order valence-electron chi connectivity index (χ0n) is 13.8. The Labute approximate surface area is 137 Å². The highest BCUT2D eigenvalue weighted by atomic mass is 16.5. The van der Waals surface area contributed by atoms with Crippen molar-refractivity contribution in [3.05, 3.63) is 60.4 Å². The van der Waals surface area contributed by atoms with Crippen LogP contribution in [0.25, 0.3) is 11.0 Å². The van der Waals surface area contributed by atoms with Crippen molar-refractivity contribution in [3.8, 4) is 5.75 Å². The Hall–Kier alpha value is -2.33. The molecule has 3 rings (SSSR count). The van der Waals surface area contributed by atoms with Crippen LogP contribution >= 0.6 is 0 Å². The number of benzene rings is 2. The topological polar surface area (TPSA) is 30.3 Å². The number of ether oxygens (including phenoxy) is 1. The highest BCUT2D eigenvalue weighted by Gasteiger charge is 2.10. The van der Waals surface area contributed by atoms with Crippen molar-refractivity contribution in [1.82, 2.24) is 14.5 Å². The minimum absolute atomic E-state index is 0.706. The summed E-state index contributed by atoms with van der Waals surface area (Å²) in [6.07, 6.45) is 0.954. The Bertz CT molecular complexity index is 750. The molecule has 0 amide bonds. The number of fused-ring (bicyclic) bond motifs is 1. The van der Waals surface area contributed by atoms with Gasteiger partial charge in [-0.15, -0.1) is 0 Å². The molecule has 120 valence electrons. The van der Waals surface area contributed by atoms with Gasteiger partial charge in [-0.3, -0.25) is 0 Å². The minimum atomic E-state index is 0.706. The van der Waals surface area contributed by atoms with Crippen LogP contribution in [-0.4, -0.2) is 35.2 Å². The maximum absolute atomic E-state index is 5.79. The van der Waals surface area contributed by atoms with Crippen molar-refractivity contribution in [1.29, 1.82) is 0 Å². The van der Waals surface area contributed by atoms with Crippen LogP contribution in [0.5, 0.6) is 5.75 Å². The Kier molecular flexibility index (Phi) is 4.93. The van der Waals surface area contributed by atoms with Crippen molar-refractivity contribution in [3.63, 3.8) is 0 Å². The van der Waals surface area contributed by atoms with E-state index in [0.29, 0.717) is 6.61 Å². The first kappa shape index (κ1) is 15.6. The molecule has 0 saturated heterocycles. The van der Waals surface area contributed by atoms with Gasteiger partial charge in [-0.2, -0.15) is 0 Å². The quantitative estimate of drug-likeness (QED) is 0.625. The molecule has 0 spiro atoms. The molecule has 0 aliphatic rings. The zero-order chi connectivity index (χ0) is 16.1. The van der Waals surface area contributed by atoms with E-state index in [2.05, 4.69) is 41.8 Å². The van der Waals surface area contributed by atoms with Gasteiger partial charge in [-0.05, 0) is 44.8 Å². The Morgan fingerprint density at radius 1 is 1.00 bits per heavy atom. The summed E-state index contributed by atoms with van der Waals surface area (Å²) in [6, 6.07) is 18.3. The maximum Gasteiger partial charge on any atom is 0.124 e. The maximum atomic E-state index is 5.79. The number of aryl methyl sites for hydroxylation is 1. The van der Waals surface area contributed by atoms with Gasteiger partial charge in [0.05, 0.1) is 24.2 Å². The summed E-state index contributed by atoms with van der Waals surface area (Å²) in [4.78, 5) is 6.92. The molecule has 2 aromatic carbocycles. The summed E-state index contributed by atoms with van der Waals surface area (Å²) in [7, 11) is 4.14. The molecule has 23 heavy (non-hydrogen) atoms. The van der Waals surface area contributed by atoms with Crippen LogP contribution in [0.4, 0.5) is 0 Å². The first-order chi connectivity index (χ1) is 11.2. The predicted octanol–water partition coefficient (Wildman–Crippen LogP) is 3.57. The first-order valence-electron chi connectivity index (χ1n) is 8.01. The number of rotatable bonds is 7. The molecule has 0 unspecified atom stereocenters. The van der Waals surface area contributed by atoms with Crippen LogP contribution in [0.2, 0.25) is 0 Å². The van der Waals surface area contributed by atoms with Crippen molar-refractivity contribution >= 4 is 11.0 Å². The van der Waals surface area contributed by atoms with Gasteiger partial charge in [-0.1, -0.05) is 30.3 Å². The molecule has 0 radical (unpaired) electrons. The smallest absolute Gasteiger partial charge is 0.124 e. The van der Waals surface area contributed by atoms with Gasteiger partial charge in [0.1, 0.15) is 11.6 Å². The Balaban J connectivity index is 1.68. The third kappa shape index (κ3) is 3.90. The van der Waals surface area contributed by atoms with E-state index in [4.69, 9.17) is 9.72 Å².